The van der Waals surface area contributed by atoms with E-state index in [9.17, 15) is 4.79 Å². The zero-order valence-electron chi connectivity index (χ0n) is 9.16. The van der Waals surface area contributed by atoms with Gasteiger partial charge in [-0.3, -0.25) is 4.79 Å². The number of rotatable bonds is 2. The van der Waals surface area contributed by atoms with Crippen LogP contribution in [0.15, 0.2) is 0 Å². The Kier molecular flexibility index (Phi) is 4.83. The topological polar surface area (TPSA) is 44.4 Å². The van der Waals surface area contributed by atoms with Crippen LogP contribution in [0, 0.1) is 0 Å². The first-order chi connectivity index (χ1) is 6.81. The van der Waals surface area contributed by atoms with Gasteiger partial charge in [0.05, 0.1) is 6.04 Å². The van der Waals surface area contributed by atoms with Crippen molar-refractivity contribution in [3.63, 3.8) is 0 Å². The van der Waals surface area contributed by atoms with E-state index in [1.807, 2.05) is 11.9 Å². The van der Waals surface area contributed by atoms with Crippen molar-refractivity contribution in [3.05, 3.63) is 0 Å². The first kappa shape index (κ1) is 12.7. The minimum Gasteiger partial charge on any atom is -0.340 e. The van der Waals surface area contributed by atoms with Crippen molar-refractivity contribution in [2.45, 2.75) is 31.3 Å². The van der Waals surface area contributed by atoms with Gasteiger partial charge in [-0.1, -0.05) is 0 Å². The van der Waals surface area contributed by atoms with Gasteiger partial charge >= 0.3 is 0 Å². The smallest absolute Gasteiger partial charge is 0.239 e. The van der Waals surface area contributed by atoms with Gasteiger partial charge in [0.15, 0.2) is 0 Å². The average Bonchev–Trinajstić information content (AvgIpc) is 2.88. The Bertz CT molecular complexity index is 219. The monoisotopic (exact) mass is 233 g/mol. The number of nitrogens with one attached hydrogen (secondary N) is 2. The van der Waals surface area contributed by atoms with Gasteiger partial charge in [0, 0.05) is 19.1 Å². The maximum Gasteiger partial charge on any atom is 0.239 e. The van der Waals surface area contributed by atoms with Gasteiger partial charge in [0.1, 0.15) is 0 Å². The summed E-state index contributed by atoms with van der Waals surface area (Å²) in [6.07, 6.45) is 3.24. The Morgan fingerprint density at radius 2 is 2.27 bits per heavy atom. The standard InChI is InChI=1S/C10H19N3O.ClH/c1-11-8-4-6-13(7-8)10(14)9-3-2-5-12-9;/h8-9,11-12H,2-7H2,1H3;1H/t8?,9-;/m1./s1. The molecule has 1 unspecified atom stereocenters. The van der Waals surface area contributed by atoms with E-state index in [1.165, 1.54) is 0 Å². The number of halogens is 1. The summed E-state index contributed by atoms with van der Waals surface area (Å²) in [6, 6.07) is 0.603. The lowest BCUT2D eigenvalue weighted by atomic mass is 10.2. The molecule has 2 N–H and O–H groups in total. The fourth-order valence-electron chi connectivity index (χ4n) is 2.31. The number of hydrogen-bond acceptors (Lipinski definition) is 3. The van der Waals surface area contributed by atoms with Crippen molar-refractivity contribution in [2.24, 2.45) is 0 Å². The first-order valence-electron chi connectivity index (χ1n) is 5.50. The molecule has 2 heterocycles. The number of amides is 1. The number of carbonyl (C=O) groups is 1. The molecule has 2 atom stereocenters. The summed E-state index contributed by atoms with van der Waals surface area (Å²) in [5, 5.41) is 6.48. The lowest BCUT2D eigenvalue weighted by Crippen LogP contribution is -2.43. The molecule has 2 aliphatic heterocycles. The average molecular weight is 234 g/mol. The molecule has 0 spiro atoms. The van der Waals surface area contributed by atoms with Crippen LogP contribution in [0.25, 0.3) is 0 Å². The Labute approximate surface area is 97.2 Å². The second kappa shape index (κ2) is 5.68. The Morgan fingerprint density at radius 3 is 2.80 bits per heavy atom. The van der Waals surface area contributed by atoms with Gasteiger partial charge in [0.2, 0.25) is 5.91 Å². The van der Waals surface area contributed by atoms with Crippen LogP contribution in [0.3, 0.4) is 0 Å². The molecule has 88 valence electrons. The maximum atomic E-state index is 11.9. The van der Waals surface area contributed by atoms with E-state index in [0.29, 0.717) is 11.9 Å². The quantitative estimate of drug-likeness (QED) is 0.705. The number of hydrogen-bond donors (Lipinski definition) is 2. The third-order valence-electron chi connectivity index (χ3n) is 3.27. The fourth-order valence-corrected chi connectivity index (χ4v) is 2.31. The molecule has 0 bridgehead atoms. The summed E-state index contributed by atoms with van der Waals surface area (Å²) in [5.74, 6) is 0.306. The van der Waals surface area contributed by atoms with Crippen molar-refractivity contribution in [1.29, 1.82) is 0 Å². The van der Waals surface area contributed by atoms with E-state index in [4.69, 9.17) is 0 Å². The molecule has 5 heteroatoms. The summed E-state index contributed by atoms with van der Waals surface area (Å²) in [4.78, 5) is 13.9. The molecule has 2 fully saturated rings. The highest BCUT2D eigenvalue weighted by atomic mass is 35.5. The summed E-state index contributed by atoms with van der Waals surface area (Å²) >= 11 is 0. The molecule has 2 saturated heterocycles. The summed E-state index contributed by atoms with van der Waals surface area (Å²) in [6.45, 7) is 2.80. The minimum absolute atomic E-state index is 0. The molecule has 2 rings (SSSR count). The van der Waals surface area contributed by atoms with Crippen LogP contribution in [-0.4, -0.2) is 49.6 Å². The van der Waals surface area contributed by atoms with Gasteiger partial charge in [0.25, 0.3) is 0 Å². The molecule has 0 aromatic carbocycles. The summed E-state index contributed by atoms with van der Waals surface area (Å²) in [5.41, 5.74) is 0. The van der Waals surface area contributed by atoms with Gasteiger partial charge in [-0.05, 0) is 32.9 Å². The predicted molar refractivity (Wildman–Crippen MR) is 62.3 cm³/mol. The van der Waals surface area contributed by atoms with E-state index in [2.05, 4.69) is 10.6 Å². The van der Waals surface area contributed by atoms with E-state index < -0.39 is 0 Å². The van der Waals surface area contributed by atoms with Crippen molar-refractivity contribution >= 4 is 18.3 Å². The van der Waals surface area contributed by atoms with Gasteiger partial charge < -0.3 is 15.5 Å². The van der Waals surface area contributed by atoms with Crippen LogP contribution >= 0.6 is 12.4 Å². The minimum atomic E-state index is 0. The molecule has 4 nitrogen and oxygen atoms in total. The second-order valence-corrected chi connectivity index (χ2v) is 4.21. The highest BCUT2D eigenvalue weighted by Crippen LogP contribution is 2.14. The molecule has 0 radical (unpaired) electrons. The first-order valence-corrected chi connectivity index (χ1v) is 5.50. The van der Waals surface area contributed by atoms with Crippen molar-refractivity contribution in [3.8, 4) is 0 Å². The summed E-state index contributed by atoms with van der Waals surface area (Å²) in [7, 11) is 1.96. The van der Waals surface area contributed by atoms with Crippen LogP contribution in [0.4, 0.5) is 0 Å². The molecule has 0 aromatic rings. The van der Waals surface area contributed by atoms with Crippen molar-refractivity contribution < 1.29 is 4.79 Å². The molecule has 2 aliphatic rings. The Morgan fingerprint density at radius 1 is 1.47 bits per heavy atom. The van der Waals surface area contributed by atoms with Crippen LogP contribution in [0.2, 0.25) is 0 Å². The van der Waals surface area contributed by atoms with Crippen LogP contribution < -0.4 is 10.6 Å². The van der Waals surface area contributed by atoms with Gasteiger partial charge in [-0.25, -0.2) is 0 Å². The lowest BCUT2D eigenvalue weighted by Gasteiger charge is -2.20. The number of likely N-dealkylation sites (tertiary alicyclic amines) is 1. The third kappa shape index (κ3) is 2.83. The van der Waals surface area contributed by atoms with Crippen molar-refractivity contribution in [2.75, 3.05) is 26.7 Å². The molecule has 0 aliphatic carbocycles. The number of nitrogens with zero attached hydrogens (tertiary/aromatic N) is 1. The van der Waals surface area contributed by atoms with Crippen LogP contribution in [-0.2, 0) is 4.79 Å². The number of likely N-dealkylation sites (N-methyl/N-ethyl adjacent to an activating group) is 1. The molecule has 1 amide bonds. The molecule has 0 saturated carbocycles. The second-order valence-electron chi connectivity index (χ2n) is 4.21. The number of carbonyl (C=O) groups excluding carboxylic acids is 1. The predicted octanol–water partition coefficient (Wildman–Crippen LogP) is -0.0195. The van der Waals surface area contributed by atoms with Crippen LogP contribution in [0.5, 0.6) is 0 Å². The zero-order valence-corrected chi connectivity index (χ0v) is 9.98. The van der Waals surface area contributed by atoms with E-state index in [-0.39, 0.29) is 18.4 Å². The molecular weight excluding hydrogens is 214 g/mol. The highest BCUT2D eigenvalue weighted by Gasteiger charge is 2.31. The lowest BCUT2D eigenvalue weighted by molar-refractivity contribution is -0.132. The molecular formula is C10H20ClN3O. The maximum absolute atomic E-state index is 11.9. The Hall–Kier alpha value is -0.320. The summed E-state index contributed by atoms with van der Waals surface area (Å²) < 4.78 is 0. The third-order valence-corrected chi connectivity index (χ3v) is 3.27. The van der Waals surface area contributed by atoms with Gasteiger partial charge in [-0.15, -0.1) is 12.4 Å². The Balaban J connectivity index is 0.00000112. The van der Waals surface area contributed by atoms with E-state index >= 15 is 0 Å². The van der Waals surface area contributed by atoms with Crippen LogP contribution in [0.1, 0.15) is 19.3 Å². The van der Waals surface area contributed by atoms with Crippen molar-refractivity contribution in [1.82, 2.24) is 15.5 Å². The normalized spacial score (nSPS) is 30.3. The molecule has 15 heavy (non-hydrogen) atoms. The van der Waals surface area contributed by atoms with Gasteiger partial charge in [-0.2, -0.15) is 0 Å². The largest absolute Gasteiger partial charge is 0.340 e. The fraction of sp³-hybridized carbons (Fsp3) is 0.900. The van der Waals surface area contributed by atoms with E-state index in [1.54, 1.807) is 0 Å². The highest BCUT2D eigenvalue weighted by molar-refractivity contribution is 5.85. The van der Waals surface area contributed by atoms with E-state index in [0.717, 1.165) is 38.9 Å². The zero-order chi connectivity index (χ0) is 9.97. The molecule has 0 aromatic heterocycles. The SMILES string of the molecule is CNC1CCN(C(=O)[C@H]2CCCN2)C1.Cl.